The summed E-state index contributed by atoms with van der Waals surface area (Å²) in [6.07, 6.45) is 0.113. The fraction of sp³-hybridized carbons (Fsp3) is 0.286. The zero-order chi connectivity index (χ0) is 14.4. The number of halogens is 1. The molecule has 0 spiro atoms. The Kier molecular flexibility index (Phi) is 5.23. The van der Waals surface area contributed by atoms with Gasteiger partial charge in [0, 0.05) is 0 Å². The largest absolute Gasteiger partial charge is 0.480 e. The highest BCUT2D eigenvalue weighted by atomic mass is 19.1. The normalized spacial score (nSPS) is 11.7. The molecule has 1 rings (SSSR count). The molecule has 2 N–H and O–H groups in total. The third-order valence-corrected chi connectivity index (χ3v) is 2.44. The first-order valence-corrected chi connectivity index (χ1v) is 5.79. The van der Waals surface area contributed by atoms with Gasteiger partial charge in [-0.05, 0) is 31.0 Å². The molecular weight excluding hydrogens is 249 g/mol. The van der Waals surface area contributed by atoms with Gasteiger partial charge >= 0.3 is 5.97 Å². The van der Waals surface area contributed by atoms with Crippen molar-refractivity contribution in [3.05, 3.63) is 47.8 Å². The van der Waals surface area contributed by atoms with Crippen molar-refractivity contribution in [1.82, 2.24) is 5.32 Å². The molecular formula is C14H16FNO3. The van der Waals surface area contributed by atoms with E-state index >= 15 is 0 Å². The van der Waals surface area contributed by atoms with Crippen LogP contribution in [0, 0.1) is 5.82 Å². The molecule has 0 fully saturated rings. The van der Waals surface area contributed by atoms with E-state index in [1.165, 1.54) is 18.2 Å². The topological polar surface area (TPSA) is 66.4 Å². The lowest BCUT2D eigenvalue weighted by Gasteiger charge is -2.14. The average Bonchev–Trinajstić information content (AvgIpc) is 2.27. The van der Waals surface area contributed by atoms with Crippen molar-refractivity contribution in [2.24, 2.45) is 0 Å². The summed E-state index contributed by atoms with van der Waals surface area (Å²) in [6, 6.07) is 4.63. The maximum absolute atomic E-state index is 12.9. The number of carbonyl (C=O) groups is 2. The first-order chi connectivity index (χ1) is 8.88. The molecule has 0 radical (unpaired) electrons. The Bertz CT molecular complexity index is 499. The highest BCUT2D eigenvalue weighted by Gasteiger charge is 2.19. The molecule has 19 heavy (non-hydrogen) atoms. The lowest BCUT2D eigenvalue weighted by atomic mass is 10.1. The summed E-state index contributed by atoms with van der Waals surface area (Å²) < 4.78 is 12.9. The number of aliphatic carboxylic acids is 1. The standard InChI is InChI=1S/C14H16FNO3/c1-9(2)6-12(14(18)19)16-13(17)8-10-4-3-5-11(15)7-10/h3-5,7,12H,1,6,8H2,2H3,(H,16,17)(H,18,19)/t12-/m1/s1. The van der Waals surface area contributed by atoms with Crippen molar-refractivity contribution in [1.29, 1.82) is 0 Å². The number of carboxylic acid groups (broad SMARTS) is 1. The van der Waals surface area contributed by atoms with Crippen LogP contribution >= 0.6 is 0 Å². The maximum atomic E-state index is 12.9. The van der Waals surface area contributed by atoms with E-state index in [0.29, 0.717) is 11.1 Å². The fourth-order valence-corrected chi connectivity index (χ4v) is 1.63. The number of rotatable bonds is 6. The molecule has 0 saturated heterocycles. The van der Waals surface area contributed by atoms with Gasteiger partial charge in [-0.2, -0.15) is 0 Å². The van der Waals surface area contributed by atoms with E-state index < -0.39 is 23.7 Å². The number of benzene rings is 1. The zero-order valence-corrected chi connectivity index (χ0v) is 10.6. The molecule has 0 aliphatic rings. The monoisotopic (exact) mass is 265 g/mol. The second-order valence-corrected chi connectivity index (χ2v) is 4.43. The predicted octanol–water partition coefficient (Wildman–Crippen LogP) is 1.90. The molecule has 0 unspecified atom stereocenters. The third-order valence-electron chi connectivity index (χ3n) is 2.44. The quantitative estimate of drug-likeness (QED) is 0.772. The van der Waals surface area contributed by atoms with Crippen LogP contribution in [0.15, 0.2) is 36.4 Å². The highest BCUT2D eigenvalue weighted by molar-refractivity contribution is 5.85. The molecule has 4 nitrogen and oxygen atoms in total. The minimum absolute atomic E-state index is 0.0578. The molecule has 0 aliphatic heterocycles. The number of hydrogen-bond acceptors (Lipinski definition) is 2. The lowest BCUT2D eigenvalue weighted by molar-refractivity contribution is -0.141. The van der Waals surface area contributed by atoms with Crippen molar-refractivity contribution in [3.63, 3.8) is 0 Å². The van der Waals surface area contributed by atoms with E-state index in [2.05, 4.69) is 11.9 Å². The Labute approximate surface area is 110 Å². The molecule has 0 bridgehead atoms. The van der Waals surface area contributed by atoms with Crippen molar-refractivity contribution in [2.75, 3.05) is 0 Å². The Morgan fingerprint density at radius 1 is 1.47 bits per heavy atom. The smallest absolute Gasteiger partial charge is 0.326 e. The summed E-state index contributed by atoms with van der Waals surface area (Å²) in [5.41, 5.74) is 1.16. The summed E-state index contributed by atoms with van der Waals surface area (Å²) in [5.74, 6) is -2.00. The molecule has 102 valence electrons. The minimum atomic E-state index is -1.12. The fourth-order valence-electron chi connectivity index (χ4n) is 1.63. The van der Waals surface area contributed by atoms with Crippen LogP contribution in [0.1, 0.15) is 18.9 Å². The van der Waals surface area contributed by atoms with Gasteiger partial charge in [-0.15, -0.1) is 6.58 Å². The average molecular weight is 265 g/mol. The molecule has 0 aliphatic carbocycles. The summed E-state index contributed by atoms with van der Waals surface area (Å²) in [7, 11) is 0. The second-order valence-electron chi connectivity index (χ2n) is 4.43. The maximum Gasteiger partial charge on any atom is 0.326 e. The van der Waals surface area contributed by atoms with Crippen LogP contribution in [-0.4, -0.2) is 23.0 Å². The molecule has 1 atom stereocenters. The number of hydrogen-bond donors (Lipinski definition) is 2. The van der Waals surface area contributed by atoms with Gasteiger partial charge in [0.1, 0.15) is 11.9 Å². The number of carboxylic acids is 1. The van der Waals surface area contributed by atoms with E-state index in [-0.39, 0.29) is 12.8 Å². The Balaban J connectivity index is 2.62. The first kappa shape index (κ1) is 14.9. The molecule has 0 heterocycles. The molecule has 1 aromatic carbocycles. The van der Waals surface area contributed by atoms with E-state index in [4.69, 9.17) is 5.11 Å². The Morgan fingerprint density at radius 2 is 2.16 bits per heavy atom. The third kappa shape index (κ3) is 5.33. The van der Waals surface area contributed by atoms with Crippen LogP contribution in [0.4, 0.5) is 4.39 Å². The molecule has 0 saturated carbocycles. The van der Waals surface area contributed by atoms with Gasteiger partial charge in [0.2, 0.25) is 5.91 Å². The number of amides is 1. The van der Waals surface area contributed by atoms with E-state index in [0.717, 1.165) is 0 Å². The molecule has 1 aromatic rings. The lowest BCUT2D eigenvalue weighted by Crippen LogP contribution is -2.41. The number of carbonyl (C=O) groups excluding carboxylic acids is 1. The van der Waals surface area contributed by atoms with Crippen molar-refractivity contribution in [3.8, 4) is 0 Å². The SMILES string of the molecule is C=C(C)C[C@@H](NC(=O)Cc1cccc(F)c1)C(=O)O. The summed E-state index contributed by atoms with van der Waals surface area (Å²) in [6.45, 7) is 5.31. The van der Waals surface area contributed by atoms with Crippen LogP contribution in [0.25, 0.3) is 0 Å². The van der Waals surface area contributed by atoms with Gasteiger partial charge < -0.3 is 10.4 Å². The van der Waals surface area contributed by atoms with Gasteiger partial charge in [-0.25, -0.2) is 9.18 Å². The molecule has 1 amide bonds. The van der Waals surface area contributed by atoms with Gasteiger partial charge in [0.05, 0.1) is 6.42 Å². The predicted molar refractivity (Wildman–Crippen MR) is 69.1 cm³/mol. The number of nitrogens with one attached hydrogen (secondary N) is 1. The second kappa shape index (κ2) is 6.68. The summed E-state index contributed by atoms with van der Waals surface area (Å²) in [4.78, 5) is 22.7. The van der Waals surface area contributed by atoms with Crippen LogP contribution in [-0.2, 0) is 16.0 Å². The van der Waals surface area contributed by atoms with Gasteiger partial charge in [-0.1, -0.05) is 17.7 Å². The first-order valence-electron chi connectivity index (χ1n) is 5.79. The minimum Gasteiger partial charge on any atom is -0.480 e. The van der Waals surface area contributed by atoms with Crippen LogP contribution < -0.4 is 5.32 Å². The Morgan fingerprint density at radius 3 is 2.68 bits per heavy atom. The van der Waals surface area contributed by atoms with E-state index in [9.17, 15) is 14.0 Å². The molecule has 5 heteroatoms. The van der Waals surface area contributed by atoms with Crippen LogP contribution in [0.3, 0.4) is 0 Å². The van der Waals surface area contributed by atoms with E-state index in [1.54, 1.807) is 13.0 Å². The highest BCUT2D eigenvalue weighted by Crippen LogP contribution is 2.06. The van der Waals surface area contributed by atoms with Gasteiger partial charge in [0.25, 0.3) is 0 Å². The van der Waals surface area contributed by atoms with Gasteiger partial charge in [0.15, 0.2) is 0 Å². The van der Waals surface area contributed by atoms with Crippen LogP contribution in [0.5, 0.6) is 0 Å². The summed E-state index contributed by atoms with van der Waals surface area (Å²) in [5, 5.41) is 11.4. The summed E-state index contributed by atoms with van der Waals surface area (Å²) >= 11 is 0. The van der Waals surface area contributed by atoms with Crippen molar-refractivity contribution < 1.29 is 19.1 Å². The van der Waals surface area contributed by atoms with Crippen LogP contribution in [0.2, 0.25) is 0 Å². The van der Waals surface area contributed by atoms with Crippen molar-refractivity contribution in [2.45, 2.75) is 25.8 Å². The van der Waals surface area contributed by atoms with E-state index in [1.807, 2.05) is 0 Å². The Hall–Kier alpha value is -2.17. The zero-order valence-electron chi connectivity index (χ0n) is 10.6. The molecule has 0 aromatic heterocycles. The van der Waals surface area contributed by atoms with Gasteiger partial charge in [-0.3, -0.25) is 4.79 Å². The van der Waals surface area contributed by atoms with Crippen molar-refractivity contribution >= 4 is 11.9 Å².